The molecule has 1 aliphatic rings. The number of nitrogens with one attached hydrogen (secondary N) is 1. The Kier molecular flexibility index (Phi) is 6.45. The maximum absolute atomic E-state index is 11.8. The number of nitrogen functional groups attached to an aromatic ring is 1. The molecule has 1 aromatic carbocycles. The molecule has 0 bridgehead atoms. The van der Waals surface area contributed by atoms with Gasteiger partial charge in [-0.25, -0.2) is 28.1 Å². The van der Waals surface area contributed by atoms with E-state index in [9.17, 15) is 8.42 Å². The summed E-state index contributed by atoms with van der Waals surface area (Å²) in [6.07, 6.45) is 5.25. The van der Waals surface area contributed by atoms with E-state index in [1.165, 1.54) is 24.3 Å². The number of benzene rings is 1. The van der Waals surface area contributed by atoms with Crippen molar-refractivity contribution in [3.8, 4) is 11.5 Å². The quantitative estimate of drug-likeness (QED) is 0.450. The highest BCUT2D eigenvalue weighted by Crippen LogP contribution is 2.39. The summed E-state index contributed by atoms with van der Waals surface area (Å²) in [7, 11) is -0.0878. The van der Waals surface area contributed by atoms with E-state index >= 15 is 0 Å². The van der Waals surface area contributed by atoms with E-state index < -0.39 is 10.0 Å². The molecule has 3 aromatic rings. The number of hydrogen-bond donors (Lipinski definition) is 2. The average Bonchev–Trinajstić information content (AvgIpc) is 3.53. The van der Waals surface area contributed by atoms with Crippen LogP contribution in [-0.2, 0) is 16.6 Å². The van der Waals surface area contributed by atoms with Gasteiger partial charge in [-0.1, -0.05) is 0 Å². The van der Waals surface area contributed by atoms with Crippen LogP contribution < -0.4 is 19.9 Å². The molecule has 2 aromatic heterocycles. The van der Waals surface area contributed by atoms with E-state index in [1.807, 2.05) is 22.8 Å². The summed E-state index contributed by atoms with van der Waals surface area (Å²) in [5.41, 5.74) is 7.18. The molecular weight excluding hydrogens is 452 g/mol. The van der Waals surface area contributed by atoms with Gasteiger partial charge in [0.15, 0.2) is 22.1 Å². The van der Waals surface area contributed by atoms with E-state index in [2.05, 4.69) is 14.7 Å². The lowest BCUT2D eigenvalue weighted by Crippen LogP contribution is -2.36. The summed E-state index contributed by atoms with van der Waals surface area (Å²) in [6, 6.07) is 5.40. The summed E-state index contributed by atoms with van der Waals surface area (Å²) in [6.45, 7) is 0.519. The highest BCUT2D eigenvalue weighted by atomic mass is 32.2. The second-order valence-corrected chi connectivity index (χ2v) is 10.5. The van der Waals surface area contributed by atoms with Crippen molar-refractivity contribution in [1.29, 1.82) is 0 Å². The average molecular weight is 479 g/mol. The lowest BCUT2D eigenvalue weighted by molar-refractivity contribution is 0.394. The molecule has 10 nitrogen and oxygen atoms in total. The molecule has 1 saturated carbocycles. The zero-order valence-electron chi connectivity index (χ0n) is 18.1. The van der Waals surface area contributed by atoms with Crippen molar-refractivity contribution in [2.45, 2.75) is 41.9 Å². The van der Waals surface area contributed by atoms with Crippen molar-refractivity contribution in [1.82, 2.24) is 24.2 Å². The molecule has 4 rings (SSSR count). The monoisotopic (exact) mass is 478 g/mol. The van der Waals surface area contributed by atoms with Gasteiger partial charge in [0.2, 0.25) is 10.0 Å². The molecule has 0 saturated heterocycles. The van der Waals surface area contributed by atoms with Crippen LogP contribution in [0.4, 0.5) is 5.82 Å². The van der Waals surface area contributed by atoms with Crippen LogP contribution in [0.1, 0.15) is 19.3 Å². The minimum absolute atomic E-state index is 0.133. The smallest absolute Gasteiger partial charge is 0.208 e. The molecule has 1 aliphatic carbocycles. The van der Waals surface area contributed by atoms with Gasteiger partial charge in [0.1, 0.15) is 17.8 Å². The number of methoxy groups -OCH3 is 2. The Balaban J connectivity index is 1.69. The fourth-order valence-corrected chi connectivity index (χ4v) is 5.52. The zero-order valence-corrected chi connectivity index (χ0v) is 19.7. The van der Waals surface area contributed by atoms with Crippen LogP contribution >= 0.6 is 11.8 Å². The Morgan fingerprint density at radius 1 is 1.28 bits per heavy atom. The maximum Gasteiger partial charge on any atom is 0.208 e. The topological polar surface area (TPSA) is 134 Å². The molecule has 1 atom stereocenters. The van der Waals surface area contributed by atoms with Gasteiger partial charge in [0.05, 0.1) is 25.4 Å². The first-order chi connectivity index (χ1) is 15.3. The van der Waals surface area contributed by atoms with E-state index in [1.54, 1.807) is 14.2 Å². The highest BCUT2D eigenvalue weighted by molar-refractivity contribution is 7.99. The standard InChI is InChI=1S/C20H26N6O4S2/c1-29-13-6-7-15(30-2)16(10-13)31-20-24-17-18(21)22-11-23-19(17)26(20)9-8-14(12-4-5-12)25-32(3,27)28/h6-7,10-12,14,25H,4-5,8-9H2,1-3H3,(H2,21,22,23). The van der Waals surface area contributed by atoms with Crippen molar-refractivity contribution >= 4 is 38.8 Å². The predicted molar refractivity (Wildman–Crippen MR) is 123 cm³/mol. The molecule has 3 N–H and O–H groups in total. The van der Waals surface area contributed by atoms with Crippen LogP contribution in [0.15, 0.2) is 34.6 Å². The number of hydrogen-bond acceptors (Lipinski definition) is 9. The third kappa shape index (κ3) is 5.08. The minimum Gasteiger partial charge on any atom is -0.497 e. The summed E-state index contributed by atoms with van der Waals surface area (Å²) in [4.78, 5) is 14.0. The van der Waals surface area contributed by atoms with Gasteiger partial charge in [0, 0.05) is 12.6 Å². The van der Waals surface area contributed by atoms with Crippen LogP contribution in [0.2, 0.25) is 0 Å². The van der Waals surface area contributed by atoms with Crippen molar-refractivity contribution < 1.29 is 17.9 Å². The predicted octanol–water partition coefficient (Wildman–Crippen LogP) is 2.29. The lowest BCUT2D eigenvalue weighted by Gasteiger charge is -2.18. The van der Waals surface area contributed by atoms with Crippen LogP contribution in [-0.4, -0.2) is 54.5 Å². The van der Waals surface area contributed by atoms with Gasteiger partial charge in [-0.2, -0.15) is 0 Å². The number of aryl methyl sites for hydroxylation is 1. The molecule has 0 aliphatic heterocycles. The largest absolute Gasteiger partial charge is 0.497 e. The summed E-state index contributed by atoms with van der Waals surface area (Å²) >= 11 is 1.40. The second kappa shape index (κ2) is 9.12. The number of ether oxygens (including phenoxy) is 2. The number of nitrogens with two attached hydrogens (primary N) is 1. The van der Waals surface area contributed by atoms with E-state index in [4.69, 9.17) is 20.2 Å². The van der Waals surface area contributed by atoms with Crippen molar-refractivity contribution in [3.63, 3.8) is 0 Å². The molecule has 1 fully saturated rings. The number of imidazole rings is 1. The summed E-state index contributed by atoms with van der Waals surface area (Å²) in [5.74, 6) is 2.03. The first kappa shape index (κ1) is 22.6. The third-order valence-electron chi connectivity index (χ3n) is 5.32. The van der Waals surface area contributed by atoms with Crippen LogP contribution in [0.3, 0.4) is 0 Å². The Morgan fingerprint density at radius 3 is 2.72 bits per heavy atom. The zero-order chi connectivity index (χ0) is 22.9. The van der Waals surface area contributed by atoms with Crippen molar-refractivity contribution in [2.24, 2.45) is 5.92 Å². The Morgan fingerprint density at radius 2 is 2.06 bits per heavy atom. The number of nitrogens with zero attached hydrogens (tertiary/aromatic N) is 4. The number of rotatable bonds is 10. The molecule has 2 heterocycles. The van der Waals surface area contributed by atoms with Gasteiger partial charge in [-0.05, 0) is 55.1 Å². The van der Waals surface area contributed by atoms with Gasteiger partial charge in [-0.3, -0.25) is 0 Å². The van der Waals surface area contributed by atoms with Crippen molar-refractivity contribution in [2.75, 3.05) is 26.2 Å². The number of sulfonamides is 1. The summed E-state index contributed by atoms with van der Waals surface area (Å²) in [5, 5.41) is 0.660. The van der Waals surface area contributed by atoms with Gasteiger partial charge < -0.3 is 19.8 Å². The molecule has 12 heteroatoms. The SMILES string of the molecule is COc1ccc(OC)c(Sc2nc3c(N)ncnc3n2CCC(NS(C)(=O)=O)C2CC2)c1. The van der Waals surface area contributed by atoms with Gasteiger partial charge in [0.25, 0.3) is 0 Å². The van der Waals surface area contributed by atoms with Gasteiger partial charge >= 0.3 is 0 Å². The second-order valence-electron chi connectivity index (χ2n) is 7.72. The van der Waals surface area contributed by atoms with Crippen LogP contribution in [0, 0.1) is 5.92 Å². The Bertz CT molecular complexity index is 1230. The fraction of sp³-hybridized carbons (Fsp3) is 0.450. The first-order valence-corrected chi connectivity index (χ1v) is 12.8. The molecule has 32 heavy (non-hydrogen) atoms. The highest BCUT2D eigenvalue weighted by Gasteiger charge is 2.33. The van der Waals surface area contributed by atoms with E-state index in [0.29, 0.717) is 52.5 Å². The lowest BCUT2D eigenvalue weighted by atomic mass is 10.1. The number of aromatic nitrogens is 4. The normalized spacial score (nSPS) is 15.1. The Hall–Kier alpha value is -2.57. The third-order valence-corrected chi connectivity index (χ3v) is 7.08. The Labute approximate surface area is 191 Å². The van der Waals surface area contributed by atoms with Crippen LogP contribution in [0.25, 0.3) is 11.2 Å². The van der Waals surface area contributed by atoms with E-state index in [-0.39, 0.29) is 6.04 Å². The van der Waals surface area contributed by atoms with Gasteiger partial charge in [-0.15, -0.1) is 0 Å². The molecule has 1 unspecified atom stereocenters. The molecule has 0 spiro atoms. The van der Waals surface area contributed by atoms with E-state index in [0.717, 1.165) is 17.7 Å². The molecule has 0 radical (unpaired) electrons. The number of anilines is 1. The maximum atomic E-state index is 11.8. The van der Waals surface area contributed by atoms with Crippen LogP contribution in [0.5, 0.6) is 11.5 Å². The minimum atomic E-state index is -3.30. The molecule has 172 valence electrons. The molecule has 0 amide bonds. The first-order valence-electron chi connectivity index (χ1n) is 10.1. The fourth-order valence-electron chi connectivity index (χ4n) is 3.61. The molecular formula is C20H26N6O4S2. The number of fused-ring (bicyclic) bond motifs is 1. The van der Waals surface area contributed by atoms with Crippen molar-refractivity contribution in [3.05, 3.63) is 24.5 Å². The summed E-state index contributed by atoms with van der Waals surface area (Å²) < 4.78 is 39.3.